The molecule has 3 aromatic rings. The molecule has 0 radical (unpaired) electrons. The zero-order valence-electron chi connectivity index (χ0n) is 12.4. The smallest absolute Gasteiger partial charge is 0.315 e. The predicted molar refractivity (Wildman–Crippen MR) is 89.3 cm³/mol. The monoisotopic (exact) mass is 327 g/mol. The van der Waals surface area contributed by atoms with Gasteiger partial charge in [-0.1, -0.05) is 23.4 Å². The van der Waals surface area contributed by atoms with Crippen molar-refractivity contribution in [1.82, 2.24) is 9.97 Å². The molecule has 0 aliphatic carbocycles. The van der Waals surface area contributed by atoms with Crippen LogP contribution in [0.5, 0.6) is 0 Å². The Kier molecular flexibility index (Phi) is 4.47. The molecule has 2 heterocycles. The Bertz CT molecular complexity index is 898. The molecular formula is C16H13N3O3S. The van der Waals surface area contributed by atoms with Crippen LogP contribution in [0.25, 0.3) is 21.8 Å². The van der Waals surface area contributed by atoms with Gasteiger partial charge in [0.05, 0.1) is 29.6 Å². The number of esters is 1. The van der Waals surface area contributed by atoms with Crippen molar-refractivity contribution < 1.29 is 9.53 Å². The normalized spacial score (nSPS) is 10.8. The van der Waals surface area contributed by atoms with Crippen LogP contribution >= 0.6 is 11.8 Å². The van der Waals surface area contributed by atoms with E-state index in [4.69, 9.17) is 0 Å². The number of aromatic nitrogens is 2. The van der Waals surface area contributed by atoms with Crippen molar-refractivity contribution >= 4 is 39.5 Å². The summed E-state index contributed by atoms with van der Waals surface area (Å²) in [5, 5.41) is 4.77. The third kappa shape index (κ3) is 3.14. The Hall–Kier alpha value is -2.54. The first-order valence-corrected chi connectivity index (χ1v) is 7.87. The first-order chi connectivity index (χ1) is 11.2. The number of methoxy groups -OCH3 is 1. The lowest BCUT2D eigenvalue weighted by Gasteiger charge is -2.09. The van der Waals surface area contributed by atoms with Gasteiger partial charge in [0.1, 0.15) is 6.54 Å². The molecule has 0 amide bonds. The van der Waals surface area contributed by atoms with Crippen molar-refractivity contribution in [2.45, 2.75) is 11.4 Å². The summed E-state index contributed by atoms with van der Waals surface area (Å²) in [4.78, 5) is 31.8. The highest BCUT2D eigenvalue weighted by Crippen LogP contribution is 2.31. The van der Waals surface area contributed by atoms with Gasteiger partial charge >= 0.3 is 5.97 Å². The molecule has 0 fully saturated rings. The van der Waals surface area contributed by atoms with E-state index in [1.165, 1.54) is 18.9 Å². The van der Waals surface area contributed by atoms with Crippen LogP contribution < -0.4 is 0 Å². The van der Waals surface area contributed by atoms with Gasteiger partial charge in [0, 0.05) is 21.9 Å². The Labute approximate surface area is 136 Å². The standard InChI is InChI=1S/C16H13N3O3S/c1-22-14(20)9-23-13-7-11(8-18-21)19-16-12(13)5-4-10-3-2-6-17-15(10)16/h2-7H,8-9H2,1H3. The van der Waals surface area contributed by atoms with E-state index in [0.29, 0.717) is 11.2 Å². The molecule has 0 spiro atoms. The molecule has 0 aliphatic rings. The van der Waals surface area contributed by atoms with E-state index in [9.17, 15) is 9.70 Å². The number of hydrogen-bond acceptors (Lipinski definition) is 7. The van der Waals surface area contributed by atoms with Gasteiger partial charge in [-0.2, -0.15) is 4.91 Å². The Balaban J connectivity index is 2.18. The van der Waals surface area contributed by atoms with E-state index in [0.717, 1.165) is 21.2 Å². The number of thioether (sulfide) groups is 1. The highest BCUT2D eigenvalue weighted by atomic mass is 32.2. The number of nitroso groups, excluding NO2 is 1. The van der Waals surface area contributed by atoms with Crippen molar-refractivity contribution in [1.29, 1.82) is 0 Å². The van der Waals surface area contributed by atoms with Gasteiger partial charge in [-0.25, -0.2) is 4.98 Å². The quantitative estimate of drug-likeness (QED) is 0.309. The molecule has 7 heteroatoms. The molecule has 6 nitrogen and oxygen atoms in total. The van der Waals surface area contributed by atoms with Crippen LogP contribution in [-0.4, -0.2) is 28.8 Å². The lowest BCUT2D eigenvalue weighted by molar-refractivity contribution is -0.137. The van der Waals surface area contributed by atoms with Crippen LogP contribution in [0.2, 0.25) is 0 Å². The maximum Gasteiger partial charge on any atom is 0.315 e. The van der Waals surface area contributed by atoms with Crippen LogP contribution in [0.4, 0.5) is 0 Å². The summed E-state index contributed by atoms with van der Waals surface area (Å²) in [5.74, 6) is -0.127. The first kappa shape index (κ1) is 15.4. The predicted octanol–water partition coefficient (Wildman–Crippen LogP) is 3.31. The largest absolute Gasteiger partial charge is 0.468 e. The number of carbonyl (C=O) groups is 1. The molecule has 0 N–H and O–H groups in total. The maximum atomic E-state index is 11.4. The van der Waals surface area contributed by atoms with Gasteiger partial charge in [-0.05, 0) is 12.1 Å². The van der Waals surface area contributed by atoms with E-state index in [-0.39, 0.29) is 18.3 Å². The van der Waals surface area contributed by atoms with E-state index in [2.05, 4.69) is 19.9 Å². The number of pyridine rings is 2. The molecule has 0 atom stereocenters. The summed E-state index contributed by atoms with van der Waals surface area (Å²) in [6.07, 6.45) is 1.70. The van der Waals surface area contributed by atoms with Crippen LogP contribution in [0, 0.1) is 4.91 Å². The van der Waals surface area contributed by atoms with E-state index in [1.54, 1.807) is 12.3 Å². The van der Waals surface area contributed by atoms with Gasteiger partial charge in [0.25, 0.3) is 0 Å². The number of ether oxygens (including phenoxy) is 1. The number of fused-ring (bicyclic) bond motifs is 3. The zero-order chi connectivity index (χ0) is 16.2. The fraction of sp³-hybridized carbons (Fsp3) is 0.188. The summed E-state index contributed by atoms with van der Waals surface area (Å²) >= 11 is 1.35. The lowest BCUT2D eigenvalue weighted by atomic mass is 10.1. The molecule has 0 unspecified atom stereocenters. The third-order valence-corrected chi connectivity index (χ3v) is 4.40. The molecule has 2 aromatic heterocycles. The average molecular weight is 327 g/mol. The molecule has 116 valence electrons. The van der Waals surface area contributed by atoms with Gasteiger partial charge in [0.15, 0.2) is 0 Å². The van der Waals surface area contributed by atoms with E-state index in [1.807, 2.05) is 24.3 Å². The lowest BCUT2D eigenvalue weighted by Crippen LogP contribution is -2.03. The van der Waals surface area contributed by atoms with Crippen LogP contribution in [0.3, 0.4) is 0 Å². The maximum absolute atomic E-state index is 11.4. The number of carbonyl (C=O) groups excluding carboxylic acids is 1. The first-order valence-electron chi connectivity index (χ1n) is 6.89. The van der Waals surface area contributed by atoms with Crippen molar-refractivity contribution in [2.75, 3.05) is 12.9 Å². The zero-order valence-corrected chi connectivity index (χ0v) is 13.2. The third-order valence-electron chi connectivity index (χ3n) is 3.37. The minimum absolute atomic E-state index is 0.0229. The SMILES string of the molecule is COC(=O)CSc1cc(CN=O)nc2c1ccc1cccnc12. The molecule has 3 rings (SSSR count). The molecule has 0 bridgehead atoms. The van der Waals surface area contributed by atoms with Crippen molar-refractivity contribution in [2.24, 2.45) is 5.18 Å². The number of rotatable bonds is 5. The second-order valence-electron chi connectivity index (χ2n) is 4.80. The van der Waals surface area contributed by atoms with Crippen LogP contribution in [-0.2, 0) is 16.1 Å². The molecule has 1 aromatic carbocycles. The van der Waals surface area contributed by atoms with Gasteiger partial charge in [-0.15, -0.1) is 11.8 Å². The molecule has 0 saturated carbocycles. The highest BCUT2D eigenvalue weighted by molar-refractivity contribution is 8.00. The Morgan fingerprint density at radius 2 is 2.17 bits per heavy atom. The second kappa shape index (κ2) is 6.70. The van der Waals surface area contributed by atoms with Gasteiger partial charge in [0.2, 0.25) is 0 Å². The molecule has 0 aliphatic heterocycles. The molecule has 0 saturated heterocycles. The summed E-state index contributed by atoms with van der Waals surface area (Å²) < 4.78 is 4.68. The van der Waals surface area contributed by atoms with E-state index < -0.39 is 0 Å². The fourth-order valence-electron chi connectivity index (χ4n) is 2.31. The Morgan fingerprint density at radius 3 is 2.96 bits per heavy atom. The van der Waals surface area contributed by atoms with Crippen molar-refractivity contribution in [3.63, 3.8) is 0 Å². The number of nitrogens with zero attached hydrogens (tertiary/aromatic N) is 3. The fourth-order valence-corrected chi connectivity index (χ4v) is 3.24. The van der Waals surface area contributed by atoms with Gasteiger partial charge < -0.3 is 4.74 Å². The molecular weight excluding hydrogens is 314 g/mol. The van der Waals surface area contributed by atoms with Crippen LogP contribution in [0.15, 0.2) is 46.6 Å². The van der Waals surface area contributed by atoms with Crippen LogP contribution in [0.1, 0.15) is 5.69 Å². The van der Waals surface area contributed by atoms with Crippen molar-refractivity contribution in [3.8, 4) is 0 Å². The minimum atomic E-state index is -0.311. The summed E-state index contributed by atoms with van der Waals surface area (Å²) in [6.45, 7) is -0.0229. The van der Waals surface area contributed by atoms with Gasteiger partial charge in [-0.3, -0.25) is 9.78 Å². The average Bonchev–Trinajstić information content (AvgIpc) is 2.59. The topological polar surface area (TPSA) is 81.5 Å². The second-order valence-corrected chi connectivity index (χ2v) is 5.82. The number of hydrogen-bond donors (Lipinski definition) is 0. The summed E-state index contributed by atoms with van der Waals surface area (Å²) in [5.41, 5.74) is 2.02. The molecule has 23 heavy (non-hydrogen) atoms. The Morgan fingerprint density at radius 1 is 1.30 bits per heavy atom. The highest BCUT2D eigenvalue weighted by Gasteiger charge is 2.12. The van der Waals surface area contributed by atoms with Crippen molar-refractivity contribution in [3.05, 3.63) is 47.1 Å². The summed E-state index contributed by atoms with van der Waals surface area (Å²) in [6, 6.07) is 9.51. The summed E-state index contributed by atoms with van der Waals surface area (Å²) in [7, 11) is 1.35. The van der Waals surface area contributed by atoms with E-state index >= 15 is 0 Å². The minimum Gasteiger partial charge on any atom is -0.468 e. The number of benzene rings is 1.